The number of pyridine rings is 5. The maximum Gasteiger partial charge on any atom is 0.254 e. The molecular weight excluding hydrogens is 1850 g/mol. The van der Waals surface area contributed by atoms with Crippen molar-refractivity contribution in [3.05, 3.63) is 262 Å². The summed E-state index contributed by atoms with van der Waals surface area (Å²) in [7, 11) is -13.5. The lowest BCUT2D eigenvalue weighted by Crippen LogP contribution is -2.65. The maximum absolute atomic E-state index is 12.9. The van der Waals surface area contributed by atoms with E-state index in [0.29, 0.717) is 36.4 Å². The maximum atomic E-state index is 12.9. The van der Waals surface area contributed by atoms with Gasteiger partial charge in [0, 0.05) is 225 Å². The second-order valence-corrected chi connectivity index (χ2v) is 43.9. The predicted molar refractivity (Wildman–Crippen MR) is 517 cm³/mol. The number of carbonyl (C=O) groups excluding carboxylic acids is 1. The van der Waals surface area contributed by atoms with E-state index >= 15 is 0 Å². The minimum atomic E-state index is -3.60. The van der Waals surface area contributed by atoms with Gasteiger partial charge in [-0.2, -0.15) is 63.9 Å². The molecule has 5 fully saturated rings. The fraction of sp³-hybridized carbons (Fsp3) is 0.271. The fourth-order valence-corrected chi connectivity index (χ4v) is 23.7. The van der Waals surface area contributed by atoms with Crippen LogP contribution in [0.25, 0.3) is 116 Å². The third kappa shape index (κ3) is 17.5. The van der Waals surface area contributed by atoms with Crippen molar-refractivity contribution < 1.29 is 38.5 Å². The summed E-state index contributed by atoms with van der Waals surface area (Å²) in [5.41, 5.74) is 11.3. The molecule has 43 heteroatoms. The number of aromatic amines is 5. The molecule has 139 heavy (non-hydrogen) atoms. The lowest BCUT2D eigenvalue weighted by molar-refractivity contribution is 0.00858. The van der Waals surface area contributed by atoms with Crippen LogP contribution in [0, 0.1) is 63.2 Å². The monoisotopic (exact) mass is 1930 g/mol. The minimum absolute atomic E-state index is 0.0188. The van der Waals surface area contributed by atoms with Gasteiger partial charge in [0.15, 0.2) is 0 Å². The minimum Gasteiger partial charge on any atom is -0.346 e. The zero-order valence-corrected chi connectivity index (χ0v) is 78.7. The van der Waals surface area contributed by atoms with Gasteiger partial charge in [-0.1, -0.05) is 36.4 Å². The largest absolute Gasteiger partial charge is 0.346 e. The Morgan fingerprint density at radius 2 is 0.770 bits per heavy atom. The number of sulfonamides is 4. The number of hydrogen-bond acceptors (Lipinski definition) is 23. The Balaban J connectivity index is 0.000000115. The number of rotatable bonds is 23. The molecule has 22 rings (SSSR count). The molecule has 0 bridgehead atoms. The molecule has 39 nitrogen and oxygen atoms in total. The molecule has 2 aromatic carbocycles. The first-order valence-electron chi connectivity index (χ1n) is 44.1. The molecule has 5 aliphatic heterocycles. The Kier molecular flexibility index (Phi) is 25.1. The molecule has 0 aliphatic carbocycles. The van der Waals surface area contributed by atoms with Crippen molar-refractivity contribution in [1.29, 1.82) is 26.3 Å². The van der Waals surface area contributed by atoms with E-state index < -0.39 is 73.0 Å². The first kappa shape index (κ1) is 93.5. The van der Waals surface area contributed by atoms with E-state index in [1.54, 1.807) is 126 Å². The Morgan fingerprint density at radius 3 is 1.14 bits per heavy atom. The highest BCUT2D eigenvalue weighted by Gasteiger charge is 2.55. The van der Waals surface area contributed by atoms with Crippen LogP contribution in [-0.4, -0.2) is 238 Å². The molecule has 0 spiro atoms. The number of hydrogen-bond donors (Lipinski definition) is 5. The summed E-state index contributed by atoms with van der Waals surface area (Å²) in [5, 5.41) is 68.9. The molecule has 15 aromatic heterocycles. The topological polar surface area (TPSA) is 513 Å². The smallest absolute Gasteiger partial charge is 0.254 e. The van der Waals surface area contributed by atoms with Crippen LogP contribution in [0.3, 0.4) is 0 Å². The van der Waals surface area contributed by atoms with E-state index in [-0.39, 0.29) is 94.6 Å². The molecule has 5 N–H and O–H groups in total. The van der Waals surface area contributed by atoms with Crippen molar-refractivity contribution in [2.45, 2.75) is 90.7 Å². The van der Waals surface area contributed by atoms with Crippen LogP contribution in [0.5, 0.6) is 0 Å². The van der Waals surface area contributed by atoms with Gasteiger partial charge >= 0.3 is 0 Å². The van der Waals surface area contributed by atoms with E-state index in [2.05, 4.69) is 105 Å². The van der Waals surface area contributed by atoms with Crippen LogP contribution in [0.1, 0.15) is 63.2 Å². The molecule has 5 aliphatic rings. The average Bonchev–Trinajstić information content (AvgIpc) is 1.73. The molecule has 0 atom stereocenters. The second kappa shape index (κ2) is 37.3. The number of nitriles is 5. The normalized spacial score (nSPS) is 16.4. The second-order valence-electron chi connectivity index (χ2n) is 35.2. The number of H-pyrrole nitrogens is 5. The quantitative estimate of drug-likeness (QED) is 0.0371. The van der Waals surface area contributed by atoms with Crippen molar-refractivity contribution in [2.75, 3.05) is 77.5 Å². The van der Waals surface area contributed by atoms with Gasteiger partial charge in [0.2, 0.25) is 45.8 Å². The van der Waals surface area contributed by atoms with Crippen molar-refractivity contribution >= 4 is 107 Å². The number of nitrogens with one attached hydrogen (secondary N) is 5. The molecule has 0 radical (unpaired) electrons. The Morgan fingerprint density at radius 1 is 0.417 bits per heavy atom. The SMILES string of the molecule is CC(C)S(=O)(=O)N1CC(CC#N)(n2cc(-c3ccnc4[nH]ccc34)cn2)C1.CS(=O)(=O)N1CC(CC#N)(n2cc(-c3ccnc4[nH]ccc34)cn2)C1.N#CCC1(n2cc(-c3ccnc4[nH]ccc34)cn2)CN(C(=O)c2ccccc2)C1.N#CCC1(n2cc(-c3ccnc4[nH]ccc34)cn2)CN(S(=O)(=O)c2ccccc2)C1.[C-]#[N+]c1cnc2[nH]ccc2c1-c1ccn(C2(CC#N)CN(S(=O)(=O)CC)C2)c1. The summed E-state index contributed by atoms with van der Waals surface area (Å²) < 4.78 is 113. The van der Waals surface area contributed by atoms with Gasteiger partial charge in [0.25, 0.3) is 5.91 Å². The van der Waals surface area contributed by atoms with Crippen molar-refractivity contribution in [1.82, 2.24) is 116 Å². The summed E-state index contributed by atoms with van der Waals surface area (Å²) in [6.07, 6.45) is 38.3. The average molecular weight is 1940 g/mol. The number of nitrogens with zero attached hydrogens (tertiary/aromatic N) is 25. The lowest BCUT2D eigenvalue weighted by Gasteiger charge is -2.49. The van der Waals surface area contributed by atoms with Crippen molar-refractivity contribution in [2.24, 2.45) is 0 Å². The van der Waals surface area contributed by atoms with Crippen LogP contribution in [-0.2, 0) is 67.8 Å². The van der Waals surface area contributed by atoms with Crippen molar-refractivity contribution in [3.63, 3.8) is 0 Å². The van der Waals surface area contributed by atoms with E-state index in [4.69, 9.17) is 6.57 Å². The molecule has 20 heterocycles. The van der Waals surface area contributed by atoms with E-state index in [1.165, 1.54) is 23.5 Å². The van der Waals surface area contributed by atoms with E-state index in [0.717, 1.165) is 105 Å². The number of fused-ring (bicyclic) bond motifs is 5. The number of aromatic nitrogens is 19. The van der Waals surface area contributed by atoms with Crippen LogP contribution in [0.2, 0.25) is 0 Å². The van der Waals surface area contributed by atoms with Crippen molar-refractivity contribution in [3.8, 4) is 86.0 Å². The van der Waals surface area contributed by atoms with E-state index in [9.17, 15) is 64.8 Å². The summed E-state index contributed by atoms with van der Waals surface area (Å²) in [4.78, 5) is 55.2. The summed E-state index contributed by atoms with van der Waals surface area (Å²) >= 11 is 0. The van der Waals surface area contributed by atoms with Crippen LogP contribution >= 0.6 is 0 Å². The number of carbonyl (C=O) groups is 1. The molecule has 702 valence electrons. The summed E-state index contributed by atoms with van der Waals surface area (Å²) in [5.74, 6) is 0.0263. The summed E-state index contributed by atoms with van der Waals surface area (Å²) in [6, 6.07) is 47.9. The zero-order chi connectivity index (χ0) is 97.4. The number of amides is 1. The van der Waals surface area contributed by atoms with Crippen LogP contribution in [0.15, 0.2) is 250 Å². The zero-order valence-electron chi connectivity index (χ0n) is 75.5. The van der Waals surface area contributed by atoms with Gasteiger partial charge in [-0.15, -0.1) is 0 Å². The third-order valence-corrected chi connectivity index (χ3v) is 33.2. The lowest BCUT2D eigenvalue weighted by atomic mass is 9.86. The highest BCUT2D eigenvalue weighted by molar-refractivity contribution is 7.90. The van der Waals surface area contributed by atoms with Gasteiger partial charge in [0.05, 0.1) is 122 Å². The van der Waals surface area contributed by atoms with Gasteiger partial charge in [-0.25, -0.2) is 58.5 Å². The van der Waals surface area contributed by atoms with E-state index in [1.807, 2.05) is 168 Å². The fourth-order valence-electron chi connectivity index (χ4n) is 18.4. The molecule has 1 amide bonds. The van der Waals surface area contributed by atoms with Gasteiger partial charge < -0.3 is 34.4 Å². The molecule has 5 saturated heterocycles. The van der Waals surface area contributed by atoms with Gasteiger partial charge in [-0.3, -0.25) is 28.5 Å². The highest BCUT2D eigenvalue weighted by atomic mass is 32.2. The molecule has 17 aromatic rings. The number of likely N-dealkylation sites (tertiary alicyclic amines) is 1. The Labute approximate surface area is 798 Å². The predicted octanol–water partition coefficient (Wildman–Crippen LogP) is 12.2. The summed E-state index contributed by atoms with van der Waals surface area (Å²) in [6.45, 7) is 15.3. The Bertz CT molecular complexity index is 8280. The van der Waals surface area contributed by atoms with Crippen LogP contribution < -0.4 is 0 Å². The first-order chi connectivity index (χ1) is 67.0. The molecule has 0 unspecified atom stereocenters. The number of benzene rings is 2. The first-order valence-corrected chi connectivity index (χ1v) is 50.5. The third-order valence-electron chi connectivity index (χ3n) is 26.2. The van der Waals surface area contributed by atoms with Gasteiger partial charge in [0.1, 0.15) is 50.4 Å². The van der Waals surface area contributed by atoms with Crippen LogP contribution in [0.4, 0.5) is 5.69 Å². The standard InChI is InChI=1S/C22H18N6O.C21H18N6O2S.C19H18N6O2S.C18H20N6O2S.C16H16N6O2S/c23-9-8-22(14-27(15-22)21(29)16-4-2-1-3-5-16)28-13-17(12-26-28)18-6-10-24-20-19(18)7-11-25-20;22-9-8-21(14-26(15-21)30(28,29)17-4-2-1-3-5-17)27-13-16(12-25-27)18-6-10-23-20-19(18)7-11-24-20;1-3-28(26,27)25-12-19(13-25,6-7-20)24-9-5-14(11-24)17-15-4-8-22-18(15)23-10-16(17)21-2;1-13(2)27(25,26)23-11-18(12-23,5-6-19)24-10-14(9-22-24)15-3-7-20-17-16(15)4-8-21-17;1-25(23,24)21-10-16(11-21,4-5-17)22-9-12(8-20-22)13-2-6-18-15-14(13)3-7-19-15/h1-7,10-13H,8,14-15H2,(H,24,25);1-7,10-13H,8,14-15H2,(H,23,24);4-5,8-11H,3,6,12-13H2,1H3,(H,22,23);3-4,7-10,13H,5,11-12H2,1-2H3,(H,20,21);2-3,6-9H,4,10-11H2,1H3,(H,18,19). The van der Waals surface area contributed by atoms with Gasteiger partial charge in [-0.05, 0) is 134 Å². The molecule has 0 saturated carbocycles. The highest BCUT2D eigenvalue weighted by Crippen LogP contribution is 2.45. The molecular formula is C96H90N30O9S4. The Hall–Kier alpha value is -15.9.